The van der Waals surface area contributed by atoms with Gasteiger partial charge in [-0.15, -0.1) is 0 Å². The van der Waals surface area contributed by atoms with Crippen LogP contribution in [0.15, 0.2) is 30.3 Å². The summed E-state index contributed by atoms with van der Waals surface area (Å²) in [5, 5.41) is 9.06. The molecule has 0 saturated carbocycles. The van der Waals surface area contributed by atoms with Crippen LogP contribution in [0.1, 0.15) is 61.5 Å². The second kappa shape index (κ2) is 7.10. The molecular formula is C21H25N3O3. The van der Waals surface area contributed by atoms with Gasteiger partial charge in [-0.1, -0.05) is 32.9 Å². The van der Waals surface area contributed by atoms with Crippen LogP contribution in [-0.4, -0.2) is 38.4 Å². The van der Waals surface area contributed by atoms with Gasteiger partial charge in [0.25, 0.3) is 0 Å². The number of rotatable bonds is 3. The molecule has 0 unspecified atom stereocenters. The fourth-order valence-electron chi connectivity index (χ4n) is 3.44. The highest BCUT2D eigenvalue weighted by atomic mass is 16.4. The summed E-state index contributed by atoms with van der Waals surface area (Å²) in [5.74, 6) is -0.183. The molecular weight excluding hydrogens is 342 g/mol. The zero-order valence-corrected chi connectivity index (χ0v) is 16.2. The first kappa shape index (κ1) is 19.0. The van der Waals surface area contributed by atoms with Gasteiger partial charge in [0.05, 0.1) is 23.0 Å². The third-order valence-corrected chi connectivity index (χ3v) is 4.78. The number of aromatic nitrogens is 2. The number of hydrogen-bond acceptors (Lipinski definition) is 4. The lowest BCUT2D eigenvalue weighted by Gasteiger charge is -2.30. The SMILES string of the molecule is Cc1nc(-c2ccc(C(=O)O)cc2)cc([C@H]2CCCN2C(=O)C(C)(C)C)n1. The molecule has 0 spiro atoms. The van der Waals surface area contributed by atoms with Gasteiger partial charge in [0.1, 0.15) is 5.82 Å². The number of hydrogen-bond donors (Lipinski definition) is 1. The Bertz CT molecular complexity index is 869. The van der Waals surface area contributed by atoms with E-state index in [-0.39, 0.29) is 17.5 Å². The predicted molar refractivity (Wildman–Crippen MR) is 102 cm³/mol. The van der Waals surface area contributed by atoms with Crippen molar-refractivity contribution in [2.75, 3.05) is 6.54 Å². The standard InChI is InChI=1S/C21H25N3O3/c1-13-22-16(14-7-9-15(10-8-14)19(25)26)12-17(23-13)18-6-5-11-24(18)20(27)21(2,3)4/h7-10,12,18H,5-6,11H2,1-4H3,(H,25,26)/t18-/m1/s1. The molecule has 142 valence electrons. The molecule has 1 aliphatic rings. The number of carboxylic acid groups (broad SMARTS) is 1. The van der Waals surface area contributed by atoms with Gasteiger partial charge in [0, 0.05) is 17.5 Å². The Hall–Kier alpha value is -2.76. The van der Waals surface area contributed by atoms with Crippen molar-refractivity contribution in [1.82, 2.24) is 14.9 Å². The maximum atomic E-state index is 12.8. The van der Waals surface area contributed by atoms with Crippen molar-refractivity contribution in [3.8, 4) is 11.3 Å². The molecule has 1 fully saturated rings. The second-order valence-corrected chi connectivity index (χ2v) is 8.01. The predicted octanol–water partition coefficient (Wildman–Crippen LogP) is 3.86. The van der Waals surface area contributed by atoms with Gasteiger partial charge in [-0.25, -0.2) is 14.8 Å². The molecule has 1 aliphatic heterocycles. The van der Waals surface area contributed by atoms with Gasteiger partial charge in [-0.05, 0) is 38.0 Å². The zero-order valence-electron chi connectivity index (χ0n) is 16.2. The number of aryl methyl sites for hydroxylation is 1. The highest BCUT2D eigenvalue weighted by Gasteiger charge is 2.36. The quantitative estimate of drug-likeness (QED) is 0.890. The first-order valence-corrected chi connectivity index (χ1v) is 9.17. The fourth-order valence-corrected chi connectivity index (χ4v) is 3.44. The molecule has 6 nitrogen and oxygen atoms in total. The van der Waals surface area contributed by atoms with E-state index in [1.54, 1.807) is 24.3 Å². The van der Waals surface area contributed by atoms with Gasteiger partial charge in [-0.3, -0.25) is 4.79 Å². The maximum absolute atomic E-state index is 12.8. The lowest BCUT2D eigenvalue weighted by molar-refractivity contribution is -0.140. The minimum absolute atomic E-state index is 0.0459. The number of amides is 1. The van der Waals surface area contributed by atoms with Crippen LogP contribution in [0, 0.1) is 12.3 Å². The molecule has 6 heteroatoms. The zero-order chi connectivity index (χ0) is 19.8. The Morgan fingerprint density at radius 1 is 1.15 bits per heavy atom. The molecule has 2 heterocycles. The van der Waals surface area contributed by atoms with Gasteiger partial charge in [0.2, 0.25) is 5.91 Å². The summed E-state index contributed by atoms with van der Waals surface area (Å²) in [7, 11) is 0. The molecule has 3 rings (SSSR count). The molecule has 1 amide bonds. The molecule has 1 N–H and O–H groups in total. The molecule has 27 heavy (non-hydrogen) atoms. The number of nitrogens with zero attached hydrogens (tertiary/aromatic N) is 3. The number of carboxylic acids is 1. The van der Waals surface area contributed by atoms with E-state index >= 15 is 0 Å². The van der Waals surface area contributed by atoms with Crippen molar-refractivity contribution in [1.29, 1.82) is 0 Å². The minimum atomic E-state index is -0.955. The van der Waals surface area contributed by atoms with E-state index in [1.165, 1.54) is 0 Å². The van der Waals surface area contributed by atoms with E-state index in [0.29, 0.717) is 5.82 Å². The highest BCUT2D eigenvalue weighted by Crippen LogP contribution is 2.35. The summed E-state index contributed by atoms with van der Waals surface area (Å²) >= 11 is 0. The summed E-state index contributed by atoms with van der Waals surface area (Å²) in [5.41, 5.74) is 2.22. The van der Waals surface area contributed by atoms with E-state index in [2.05, 4.69) is 9.97 Å². The fraction of sp³-hybridized carbons (Fsp3) is 0.429. The van der Waals surface area contributed by atoms with E-state index in [1.807, 2.05) is 38.7 Å². The van der Waals surface area contributed by atoms with Gasteiger partial charge in [0.15, 0.2) is 0 Å². The van der Waals surface area contributed by atoms with Crippen molar-refractivity contribution in [2.24, 2.45) is 5.41 Å². The number of likely N-dealkylation sites (tertiary alicyclic amines) is 1. The molecule has 0 radical (unpaired) electrons. The van der Waals surface area contributed by atoms with Crippen molar-refractivity contribution in [3.63, 3.8) is 0 Å². The molecule has 2 aromatic rings. The first-order chi connectivity index (χ1) is 12.7. The molecule has 1 aromatic heterocycles. The second-order valence-electron chi connectivity index (χ2n) is 8.01. The Labute approximate surface area is 159 Å². The Balaban J connectivity index is 1.95. The lowest BCUT2D eigenvalue weighted by atomic mass is 9.94. The third-order valence-electron chi connectivity index (χ3n) is 4.78. The Morgan fingerprint density at radius 2 is 1.81 bits per heavy atom. The Morgan fingerprint density at radius 3 is 2.41 bits per heavy atom. The molecule has 1 aromatic carbocycles. The molecule has 0 aliphatic carbocycles. The van der Waals surface area contributed by atoms with E-state index in [9.17, 15) is 9.59 Å². The van der Waals surface area contributed by atoms with Crippen LogP contribution in [0.2, 0.25) is 0 Å². The van der Waals surface area contributed by atoms with Crippen LogP contribution in [0.3, 0.4) is 0 Å². The summed E-state index contributed by atoms with van der Waals surface area (Å²) in [4.78, 5) is 34.9. The average molecular weight is 367 g/mol. The summed E-state index contributed by atoms with van der Waals surface area (Å²) < 4.78 is 0. The lowest BCUT2D eigenvalue weighted by Crippen LogP contribution is -2.39. The number of carbonyl (C=O) groups is 2. The van der Waals surface area contributed by atoms with Crippen LogP contribution in [0.5, 0.6) is 0 Å². The van der Waals surface area contributed by atoms with Crippen molar-refractivity contribution >= 4 is 11.9 Å². The highest BCUT2D eigenvalue weighted by molar-refractivity contribution is 5.88. The number of aromatic carboxylic acids is 1. The van der Waals surface area contributed by atoms with Crippen LogP contribution >= 0.6 is 0 Å². The van der Waals surface area contributed by atoms with Gasteiger partial charge < -0.3 is 10.0 Å². The molecule has 0 bridgehead atoms. The largest absolute Gasteiger partial charge is 0.478 e. The topological polar surface area (TPSA) is 83.4 Å². The van der Waals surface area contributed by atoms with E-state index in [0.717, 1.165) is 36.3 Å². The number of benzene rings is 1. The van der Waals surface area contributed by atoms with Crippen molar-refractivity contribution in [3.05, 3.63) is 47.4 Å². The number of carbonyl (C=O) groups excluding carboxylic acids is 1. The normalized spacial score (nSPS) is 17.2. The average Bonchev–Trinajstić information content (AvgIpc) is 3.09. The third kappa shape index (κ3) is 3.99. The summed E-state index contributed by atoms with van der Waals surface area (Å²) in [6, 6.07) is 8.51. The van der Waals surface area contributed by atoms with Crippen LogP contribution < -0.4 is 0 Å². The smallest absolute Gasteiger partial charge is 0.335 e. The summed E-state index contributed by atoms with van der Waals surface area (Å²) in [6.07, 6.45) is 1.84. The van der Waals surface area contributed by atoms with Gasteiger partial charge in [-0.2, -0.15) is 0 Å². The molecule has 1 saturated heterocycles. The Kier molecular flexibility index (Phi) is 5.00. The van der Waals surface area contributed by atoms with E-state index in [4.69, 9.17) is 5.11 Å². The monoisotopic (exact) mass is 367 g/mol. The maximum Gasteiger partial charge on any atom is 0.335 e. The van der Waals surface area contributed by atoms with Gasteiger partial charge >= 0.3 is 5.97 Å². The van der Waals surface area contributed by atoms with E-state index < -0.39 is 11.4 Å². The first-order valence-electron chi connectivity index (χ1n) is 9.17. The van der Waals surface area contributed by atoms with Crippen LogP contribution in [0.25, 0.3) is 11.3 Å². The van der Waals surface area contributed by atoms with Crippen molar-refractivity contribution < 1.29 is 14.7 Å². The van der Waals surface area contributed by atoms with Crippen molar-refractivity contribution in [2.45, 2.75) is 46.6 Å². The minimum Gasteiger partial charge on any atom is -0.478 e. The molecule has 1 atom stereocenters. The van der Waals surface area contributed by atoms with Crippen LogP contribution in [-0.2, 0) is 4.79 Å². The summed E-state index contributed by atoms with van der Waals surface area (Å²) in [6.45, 7) is 8.39. The van der Waals surface area contributed by atoms with Crippen LogP contribution in [0.4, 0.5) is 0 Å².